The first-order valence-electron chi connectivity index (χ1n) is 9.88. The van der Waals surface area contributed by atoms with Gasteiger partial charge in [0.2, 0.25) is 0 Å². The van der Waals surface area contributed by atoms with Gasteiger partial charge in [-0.25, -0.2) is 4.79 Å². The molecule has 0 aromatic heterocycles. The molecule has 0 aliphatic carbocycles. The fourth-order valence-corrected chi connectivity index (χ4v) is 4.15. The number of amides is 2. The molecule has 2 aliphatic rings. The summed E-state index contributed by atoms with van der Waals surface area (Å²) in [5, 5.41) is 13.8. The predicted octanol–water partition coefficient (Wildman–Crippen LogP) is 5.02. The lowest BCUT2D eigenvalue weighted by Crippen LogP contribution is -2.65. The monoisotopic (exact) mass is 380 g/mol. The minimum absolute atomic E-state index is 0.112. The van der Waals surface area contributed by atoms with Gasteiger partial charge in [0.15, 0.2) is 17.2 Å². The summed E-state index contributed by atoms with van der Waals surface area (Å²) in [6.45, 7) is 10.3. The summed E-state index contributed by atoms with van der Waals surface area (Å²) >= 11 is 0. The van der Waals surface area contributed by atoms with Crippen LogP contribution < -0.4 is 15.0 Å². The summed E-state index contributed by atoms with van der Waals surface area (Å²) in [6, 6.07) is 11.4. The molecule has 2 atom stereocenters. The topological polar surface area (TPSA) is 61.8 Å². The molecular weight excluding hydrogens is 352 g/mol. The van der Waals surface area contributed by atoms with Crippen LogP contribution in [0.1, 0.15) is 63.8 Å². The molecule has 28 heavy (non-hydrogen) atoms. The summed E-state index contributed by atoms with van der Waals surface area (Å²) in [7, 11) is 0. The third-order valence-electron chi connectivity index (χ3n) is 5.82. The van der Waals surface area contributed by atoms with E-state index in [0.717, 1.165) is 23.2 Å². The van der Waals surface area contributed by atoms with Crippen molar-refractivity contribution < 1.29 is 14.6 Å². The summed E-state index contributed by atoms with van der Waals surface area (Å²) in [4.78, 5) is 14.7. The molecule has 0 saturated carbocycles. The lowest BCUT2D eigenvalue weighted by atomic mass is 9.82. The quantitative estimate of drug-likeness (QED) is 0.769. The molecule has 2 aliphatic heterocycles. The highest BCUT2D eigenvalue weighted by Gasteiger charge is 2.50. The Morgan fingerprint density at radius 1 is 1.25 bits per heavy atom. The number of aryl methyl sites for hydroxylation is 1. The average Bonchev–Trinajstić information content (AvgIpc) is 2.61. The van der Waals surface area contributed by atoms with E-state index < -0.39 is 5.72 Å². The zero-order chi connectivity index (χ0) is 20.3. The second-order valence-electron chi connectivity index (χ2n) is 9.00. The molecule has 5 heteroatoms. The molecule has 2 N–H and O–H groups in total. The Labute approximate surface area is 166 Å². The van der Waals surface area contributed by atoms with Gasteiger partial charge in [0.1, 0.15) is 0 Å². The number of rotatable bonds is 2. The first-order valence-corrected chi connectivity index (χ1v) is 9.88. The molecule has 2 bridgehead atoms. The summed E-state index contributed by atoms with van der Waals surface area (Å²) in [5.41, 5.74) is 2.88. The zero-order valence-electron chi connectivity index (χ0n) is 17.2. The Kier molecular flexibility index (Phi) is 4.11. The summed E-state index contributed by atoms with van der Waals surface area (Å²) < 4.78 is 6.30. The molecule has 2 amide bonds. The summed E-state index contributed by atoms with van der Waals surface area (Å²) in [6.07, 6.45) is 1.55. The molecule has 0 spiro atoms. The van der Waals surface area contributed by atoms with Gasteiger partial charge < -0.3 is 15.2 Å². The van der Waals surface area contributed by atoms with Crippen LogP contribution in [0.15, 0.2) is 36.4 Å². The van der Waals surface area contributed by atoms with Crippen LogP contribution in [0, 0.1) is 0 Å². The Hall–Kier alpha value is -2.69. The van der Waals surface area contributed by atoms with Crippen molar-refractivity contribution in [2.24, 2.45) is 0 Å². The van der Waals surface area contributed by atoms with Gasteiger partial charge in [-0.05, 0) is 54.2 Å². The molecule has 2 heterocycles. The van der Waals surface area contributed by atoms with Gasteiger partial charge >= 0.3 is 6.03 Å². The second-order valence-corrected chi connectivity index (χ2v) is 9.00. The molecule has 0 unspecified atom stereocenters. The standard InChI is InChI=1S/C23H28N2O3/c1-6-14-7-9-16(10-8-14)25-21(27)24-18-13-23(25,5)28-20-17(18)11-15(12-19(20)26)22(2,3)4/h7-12,18,26H,6,13H2,1-5H3,(H,24,27)/t18-,23+/m1/s1. The minimum atomic E-state index is -0.867. The normalized spacial score (nSPS) is 23.7. The van der Waals surface area contributed by atoms with Crippen molar-refractivity contribution in [1.29, 1.82) is 0 Å². The predicted molar refractivity (Wildman–Crippen MR) is 110 cm³/mol. The van der Waals surface area contributed by atoms with E-state index in [1.807, 2.05) is 37.3 Å². The van der Waals surface area contributed by atoms with Gasteiger partial charge in [-0.1, -0.05) is 39.8 Å². The maximum Gasteiger partial charge on any atom is 0.325 e. The van der Waals surface area contributed by atoms with Gasteiger partial charge in [0.05, 0.1) is 6.04 Å². The van der Waals surface area contributed by atoms with Crippen molar-refractivity contribution >= 4 is 11.7 Å². The van der Waals surface area contributed by atoms with Gasteiger partial charge in [-0.2, -0.15) is 0 Å². The smallest absolute Gasteiger partial charge is 0.325 e. The number of phenols is 1. The van der Waals surface area contributed by atoms with E-state index in [1.165, 1.54) is 5.56 Å². The number of carbonyl (C=O) groups is 1. The van der Waals surface area contributed by atoms with E-state index in [2.05, 4.69) is 33.0 Å². The first-order chi connectivity index (χ1) is 13.1. The first kappa shape index (κ1) is 18.7. The Balaban J connectivity index is 1.78. The van der Waals surface area contributed by atoms with Crippen LogP contribution in [-0.4, -0.2) is 16.9 Å². The second kappa shape index (κ2) is 6.16. The van der Waals surface area contributed by atoms with E-state index in [0.29, 0.717) is 12.2 Å². The molecule has 5 nitrogen and oxygen atoms in total. The third kappa shape index (κ3) is 2.89. The van der Waals surface area contributed by atoms with Crippen LogP contribution in [0.4, 0.5) is 10.5 Å². The minimum Gasteiger partial charge on any atom is -0.504 e. The van der Waals surface area contributed by atoms with Crippen molar-refractivity contribution in [3.63, 3.8) is 0 Å². The van der Waals surface area contributed by atoms with Crippen LogP contribution in [0.3, 0.4) is 0 Å². The van der Waals surface area contributed by atoms with Crippen molar-refractivity contribution in [2.45, 2.75) is 64.6 Å². The third-order valence-corrected chi connectivity index (χ3v) is 5.82. The van der Waals surface area contributed by atoms with E-state index in [1.54, 1.807) is 11.0 Å². The highest BCUT2D eigenvalue weighted by atomic mass is 16.5. The van der Waals surface area contributed by atoms with Crippen molar-refractivity contribution in [1.82, 2.24) is 5.32 Å². The van der Waals surface area contributed by atoms with Crippen LogP contribution in [-0.2, 0) is 11.8 Å². The number of urea groups is 1. The lowest BCUT2D eigenvalue weighted by molar-refractivity contribution is 0.0348. The number of aromatic hydroxyl groups is 1. The number of hydrogen-bond acceptors (Lipinski definition) is 3. The molecule has 2 aromatic rings. The van der Waals surface area contributed by atoms with Gasteiger partial charge in [-0.15, -0.1) is 0 Å². The Morgan fingerprint density at radius 2 is 1.93 bits per heavy atom. The van der Waals surface area contributed by atoms with Gasteiger partial charge in [-0.3, -0.25) is 4.90 Å². The average molecular weight is 380 g/mol. The van der Waals surface area contributed by atoms with Crippen LogP contribution >= 0.6 is 0 Å². The highest BCUT2D eigenvalue weighted by Crippen LogP contribution is 2.50. The number of benzene rings is 2. The van der Waals surface area contributed by atoms with Crippen LogP contribution in [0.2, 0.25) is 0 Å². The fourth-order valence-electron chi connectivity index (χ4n) is 4.15. The molecule has 148 valence electrons. The van der Waals surface area contributed by atoms with E-state index in [4.69, 9.17) is 4.74 Å². The molecule has 0 radical (unpaired) electrons. The lowest BCUT2D eigenvalue weighted by Gasteiger charge is -2.50. The number of anilines is 1. The Bertz CT molecular complexity index is 930. The molecule has 2 aromatic carbocycles. The van der Waals surface area contributed by atoms with Crippen LogP contribution in [0.5, 0.6) is 11.5 Å². The van der Waals surface area contributed by atoms with E-state index in [9.17, 15) is 9.90 Å². The molecule has 1 fully saturated rings. The van der Waals surface area contributed by atoms with E-state index >= 15 is 0 Å². The number of nitrogens with zero attached hydrogens (tertiary/aromatic N) is 1. The number of hydrogen-bond donors (Lipinski definition) is 2. The maximum atomic E-state index is 13.0. The van der Waals surface area contributed by atoms with Crippen molar-refractivity contribution in [3.05, 3.63) is 53.1 Å². The number of fused-ring (bicyclic) bond motifs is 4. The SMILES string of the molecule is CCc1ccc(N2C(=O)N[C@@H]3C[C@]2(C)Oc2c(O)cc(C(C)(C)C)cc23)cc1. The molecular formula is C23H28N2O3. The molecule has 1 saturated heterocycles. The van der Waals surface area contributed by atoms with Gasteiger partial charge in [0, 0.05) is 17.7 Å². The maximum absolute atomic E-state index is 13.0. The Morgan fingerprint density at radius 3 is 2.54 bits per heavy atom. The largest absolute Gasteiger partial charge is 0.504 e. The number of phenolic OH excluding ortho intramolecular Hbond substituents is 1. The number of carbonyl (C=O) groups excluding carboxylic acids is 1. The molecule has 4 rings (SSSR count). The summed E-state index contributed by atoms with van der Waals surface area (Å²) in [5.74, 6) is 0.581. The van der Waals surface area contributed by atoms with Crippen molar-refractivity contribution in [3.8, 4) is 11.5 Å². The fraction of sp³-hybridized carbons (Fsp3) is 0.435. The number of ether oxygens (including phenoxy) is 1. The van der Waals surface area contributed by atoms with Gasteiger partial charge in [0.25, 0.3) is 0 Å². The number of nitrogens with one attached hydrogen (secondary N) is 1. The highest BCUT2D eigenvalue weighted by molar-refractivity contribution is 5.95. The zero-order valence-corrected chi connectivity index (χ0v) is 17.2. The van der Waals surface area contributed by atoms with Crippen molar-refractivity contribution in [2.75, 3.05) is 4.90 Å². The van der Waals surface area contributed by atoms with E-state index in [-0.39, 0.29) is 23.2 Å². The van der Waals surface area contributed by atoms with Crippen LogP contribution in [0.25, 0.3) is 0 Å².